The molecule has 0 aliphatic heterocycles. The number of nitrogens with zero attached hydrogens (tertiary/aromatic N) is 2. The van der Waals surface area contributed by atoms with E-state index in [9.17, 15) is 0 Å². The fraction of sp³-hybridized carbons (Fsp3) is 0.571. The Bertz CT molecular complexity index is 504. The lowest BCUT2D eigenvalue weighted by Gasteiger charge is -2.14. The molecular weight excluding hydrogens is 240 g/mol. The summed E-state index contributed by atoms with van der Waals surface area (Å²) >= 11 is 0. The van der Waals surface area contributed by atoms with Crippen LogP contribution in [0.2, 0.25) is 0 Å². The quantitative estimate of drug-likeness (QED) is 0.865. The summed E-state index contributed by atoms with van der Waals surface area (Å²) in [6, 6.07) is 0.458. The Labute approximate surface area is 113 Å². The molecule has 2 rings (SSSR count). The van der Waals surface area contributed by atoms with Crippen molar-refractivity contribution >= 4 is 12.0 Å². The van der Waals surface area contributed by atoms with Gasteiger partial charge in [-0.15, -0.1) is 0 Å². The summed E-state index contributed by atoms with van der Waals surface area (Å²) in [5.74, 6) is 0.646. The first-order valence-corrected chi connectivity index (χ1v) is 6.45. The van der Waals surface area contributed by atoms with Gasteiger partial charge in [0.25, 0.3) is 0 Å². The molecule has 2 N–H and O–H groups in total. The highest BCUT2D eigenvalue weighted by molar-refractivity contribution is 5.42. The second-order valence-electron chi connectivity index (χ2n) is 6.81. The number of oxazole rings is 1. The fourth-order valence-corrected chi connectivity index (χ4v) is 1.54. The summed E-state index contributed by atoms with van der Waals surface area (Å²) in [6.07, 6.45) is 3.51. The fourth-order valence-electron chi connectivity index (χ4n) is 1.54. The van der Waals surface area contributed by atoms with E-state index in [2.05, 4.69) is 61.8 Å². The van der Waals surface area contributed by atoms with Gasteiger partial charge in [-0.1, -0.05) is 41.5 Å². The second-order valence-corrected chi connectivity index (χ2v) is 6.81. The highest BCUT2D eigenvalue weighted by Gasteiger charge is 2.20. The van der Waals surface area contributed by atoms with Crippen molar-refractivity contribution in [2.45, 2.75) is 52.4 Å². The normalized spacial score (nSPS) is 12.7. The number of aromatic amines is 1. The summed E-state index contributed by atoms with van der Waals surface area (Å²) < 4.78 is 5.41. The molecule has 0 aliphatic carbocycles. The molecule has 5 nitrogen and oxygen atoms in total. The number of hydrogen-bond acceptors (Lipinski definition) is 4. The molecule has 0 saturated carbocycles. The molecule has 0 atom stereocenters. The third-order valence-corrected chi connectivity index (χ3v) is 2.88. The Kier molecular flexibility index (Phi) is 3.16. The second kappa shape index (κ2) is 4.40. The van der Waals surface area contributed by atoms with Crippen LogP contribution in [0.3, 0.4) is 0 Å². The molecule has 0 spiro atoms. The van der Waals surface area contributed by atoms with Gasteiger partial charge in [-0.3, -0.25) is 5.32 Å². The third kappa shape index (κ3) is 3.16. The van der Waals surface area contributed by atoms with Crippen LogP contribution in [0.4, 0.5) is 12.0 Å². The Morgan fingerprint density at radius 3 is 2.26 bits per heavy atom. The van der Waals surface area contributed by atoms with Gasteiger partial charge in [0.2, 0.25) is 5.95 Å². The van der Waals surface area contributed by atoms with Crippen molar-refractivity contribution in [2.75, 3.05) is 5.32 Å². The molecule has 0 amide bonds. The minimum Gasteiger partial charge on any atom is -0.432 e. The van der Waals surface area contributed by atoms with Crippen molar-refractivity contribution in [2.24, 2.45) is 0 Å². The number of H-pyrrole nitrogens is 1. The molecular formula is C14H22N4O. The molecule has 2 heterocycles. The molecule has 0 bridgehead atoms. The lowest BCUT2D eigenvalue weighted by atomic mass is 9.93. The Morgan fingerprint density at radius 2 is 1.79 bits per heavy atom. The summed E-state index contributed by atoms with van der Waals surface area (Å²) in [5.41, 5.74) is 2.00. The highest BCUT2D eigenvalue weighted by atomic mass is 16.4. The van der Waals surface area contributed by atoms with Crippen molar-refractivity contribution in [1.29, 1.82) is 0 Å². The Hall–Kier alpha value is -1.78. The van der Waals surface area contributed by atoms with E-state index in [0.29, 0.717) is 12.0 Å². The number of imidazole rings is 1. The van der Waals surface area contributed by atoms with E-state index in [1.54, 1.807) is 6.26 Å². The van der Waals surface area contributed by atoms with Crippen LogP contribution < -0.4 is 5.32 Å². The van der Waals surface area contributed by atoms with E-state index in [4.69, 9.17) is 4.42 Å². The monoisotopic (exact) mass is 262 g/mol. The first kappa shape index (κ1) is 13.6. The largest absolute Gasteiger partial charge is 0.432 e. The van der Waals surface area contributed by atoms with Crippen LogP contribution in [0.1, 0.15) is 52.9 Å². The van der Waals surface area contributed by atoms with Gasteiger partial charge in [0, 0.05) is 16.5 Å². The molecule has 2 aromatic rings. The Morgan fingerprint density at radius 1 is 1.11 bits per heavy atom. The van der Waals surface area contributed by atoms with Crippen LogP contribution in [0, 0.1) is 0 Å². The van der Waals surface area contributed by atoms with E-state index in [1.165, 1.54) is 0 Å². The molecule has 0 unspecified atom stereocenters. The zero-order chi connectivity index (χ0) is 14.3. The lowest BCUT2D eigenvalue weighted by molar-refractivity contribution is 0.544. The molecule has 0 aliphatic rings. The maximum Gasteiger partial charge on any atom is 0.301 e. The molecule has 5 heteroatoms. The first-order valence-electron chi connectivity index (χ1n) is 6.45. The Balaban J connectivity index is 2.14. The summed E-state index contributed by atoms with van der Waals surface area (Å²) in [4.78, 5) is 11.9. The minimum absolute atomic E-state index is 0.0246. The predicted octanol–water partition coefficient (Wildman–Crippen LogP) is 3.74. The van der Waals surface area contributed by atoms with E-state index >= 15 is 0 Å². The van der Waals surface area contributed by atoms with Crippen LogP contribution in [0.5, 0.6) is 0 Å². The molecule has 0 radical (unpaired) electrons. The van der Waals surface area contributed by atoms with Gasteiger partial charge in [-0.05, 0) is 0 Å². The van der Waals surface area contributed by atoms with Crippen molar-refractivity contribution in [3.63, 3.8) is 0 Å². The third-order valence-electron chi connectivity index (χ3n) is 2.88. The summed E-state index contributed by atoms with van der Waals surface area (Å²) in [7, 11) is 0. The topological polar surface area (TPSA) is 66.7 Å². The lowest BCUT2D eigenvalue weighted by Crippen LogP contribution is -2.12. The zero-order valence-electron chi connectivity index (χ0n) is 12.5. The number of anilines is 2. The van der Waals surface area contributed by atoms with Crippen LogP contribution >= 0.6 is 0 Å². The highest BCUT2D eigenvalue weighted by Crippen LogP contribution is 2.25. The van der Waals surface area contributed by atoms with Gasteiger partial charge in [0.15, 0.2) is 0 Å². The molecule has 104 valence electrons. The molecule has 2 aromatic heterocycles. The summed E-state index contributed by atoms with van der Waals surface area (Å²) in [5, 5.41) is 3.04. The average molecular weight is 262 g/mol. The maximum atomic E-state index is 5.41. The van der Waals surface area contributed by atoms with Gasteiger partial charge in [-0.25, -0.2) is 4.98 Å². The predicted molar refractivity (Wildman–Crippen MR) is 75.8 cm³/mol. The van der Waals surface area contributed by atoms with Gasteiger partial charge in [0.05, 0.1) is 11.9 Å². The van der Waals surface area contributed by atoms with E-state index in [0.717, 1.165) is 11.4 Å². The average Bonchev–Trinajstić information content (AvgIpc) is 2.84. The van der Waals surface area contributed by atoms with Crippen molar-refractivity contribution < 1.29 is 4.42 Å². The van der Waals surface area contributed by atoms with Crippen LogP contribution in [0.15, 0.2) is 16.9 Å². The van der Waals surface area contributed by atoms with E-state index in [-0.39, 0.29) is 10.8 Å². The standard InChI is InChI=1S/C14H22N4O/c1-13(2,3)9-7-15-11(16-9)18-12-17-10(8-19-12)14(4,5)6/h7-8H,1-6H3,(H2,15,16,17,18). The zero-order valence-corrected chi connectivity index (χ0v) is 12.5. The molecule has 0 aromatic carbocycles. The van der Waals surface area contributed by atoms with Crippen molar-refractivity contribution in [3.8, 4) is 0 Å². The SMILES string of the molecule is CC(C)(C)c1coc(Nc2ncc(C(C)(C)C)[nH]2)n1. The van der Waals surface area contributed by atoms with E-state index in [1.807, 2.05) is 6.20 Å². The van der Waals surface area contributed by atoms with Gasteiger partial charge >= 0.3 is 6.01 Å². The molecule has 0 saturated heterocycles. The molecule has 0 fully saturated rings. The number of aromatic nitrogens is 3. The number of rotatable bonds is 2. The van der Waals surface area contributed by atoms with Gasteiger partial charge in [0.1, 0.15) is 6.26 Å². The van der Waals surface area contributed by atoms with Crippen LogP contribution in [-0.4, -0.2) is 15.0 Å². The van der Waals surface area contributed by atoms with Gasteiger partial charge < -0.3 is 9.40 Å². The minimum atomic E-state index is -0.0246. The van der Waals surface area contributed by atoms with Crippen LogP contribution in [-0.2, 0) is 10.8 Å². The first-order chi connectivity index (χ1) is 8.66. The number of nitrogens with one attached hydrogen (secondary N) is 2. The van der Waals surface area contributed by atoms with Crippen molar-refractivity contribution in [1.82, 2.24) is 15.0 Å². The smallest absolute Gasteiger partial charge is 0.301 e. The van der Waals surface area contributed by atoms with Crippen molar-refractivity contribution in [3.05, 3.63) is 23.8 Å². The number of hydrogen-bond donors (Lipinski definition) is 2. The van der Waals surface area contributed by atoms with E-state index < -0.39 is 0 Å². The molecule has 19 heavy (non-hydrogen) atoms. The van der Waals surface area contributed by atoms with Gasteiger partial charge in [-0.2, -0.15) is 4.98 Å². The van der Waals surface area contributed by atoms with Crippen LogP contribution in [0.25, 0.3) is 0 Å². The summed E-state index contributed by atoms with van der Waals surface area (Å²) in [6.45, 7) is 12.7. The maximum absolute atomic E-state index is 5.41.